The quantitative estimate of drug-likeness (QED) is 0.797. The summed E-state index contributed by atoms with van der Waals surface area (Å²) in [5, 5.41) is 9.96. The summed E-state index contributed by atoms with van der Waals surface area (Å²) in [6, 6.07) is 6.68. The lowest BCUT2D eigenvalue weighted by molar-refractivity contribution is -0.112. The highest BCUT2D eigenvalue weighted by Gasteiger charge is 2.47. The van der Waals surface area contributed by atoms with Crippen molar-refractivity contribution in [2.45, 2.75) is 6.42 Å². The van der Waals surface area contributed by atoms with Crippen LogP contribution in [0.15, 0.2) is 59.4 Å². The molecule has 0 aliphatic heterocycles. The van der Waals surface area contributed by atoms with Gasteiger partial charge < -0.3 is 5.11 Å². The number of carbonyl (C=O) groups is 3. The SMILES string of the molecule is O=C1C=C2C(=O)c3ccccc3C(=O)C2C2CC=CC(O)=C12. The number of hydrogen-bond acceptors (Lipinski definition) is 4. The van der Waals surface area contributed by atoms with Gasteiger partial charge in [0.05, 0.1) is 5.92 Å². The van der Waals surface area contributed by atoms with Gasteiger partial charge in [0.15, 0.2) is 17.3 Å². The maximum absolute atomic E-state index is 12.8. The smallest absolute Gasteiger partial charge is 0.190 e. The van der Waals surface area contributed by atoms with Crippen molar-refractivity contribution in [1.29, 1.82) is 0 Å². The number of ketones is 3. The van der Waals surface area contributed by atoms with Gasteiger partial charge in [-0.1, -0.05) is 30.3 Å². The molecule has 0 spiro atoms. The lowest BCUT2D eigenvalue weighted by Crippen LogP contribution is -2.40. The van der Waals surface area contributed by atoms with Crippen molar-refractivity contribution in [1.82, 2.24) is 0 Å². The number of allylic oxidation sites excluding steroid dienone is 5. The third kappa shape index (κ3) is 1.55. The summed E-state index contributed by atoms with van der Waals surface area (Å²) in [4.78, 5) is 37.7. The molecule has 2 unspecified atom stereocenters. The molecule has 3 aliphatic carbocycles. The molecule has 0 radical (unpaired) electrons. The summed E-state index contributed by atoms with van der Waals surface area (Å²) in [5.74, 6) is -2.03. The number of carbonyl (C=O) groups excluding carboxylic acids is 3. The molecule has 0 aromatic heterocycles. The molecule has 2 atom stereocenters. The first-order valence-corrected chi connectivity index (χ1v) is 7.13. The van der Waals surface area contributed by atoms with Crippen LogP contribution in [-0.2, 0) is 4.79 Å². The molecular weight excluding hydrogens is 280 g/mol. The van der Waals surface area contributed by atoms with Crippen molar-refractivity contribution in [3.8, 4) is 0 Å². The lowest BCUT2D eigenvalue weighted by Gasteiger charge is -2.36. The monoisotopic (exact) mass is 292 g/mol. The number of rotatable bonds is 0. The summed E-state index contributed by atoms with van der Waals surface area (Å²) >= 11 is 0. The minimum absolute atomic E-state index is 0.101. The minimum atomic E-state index is -0.679. The van der Waals surface area contributed by atoms with E-state index in [1.807, 2.05) is 0 Å². The van der Waals surface area contributed by atoms with E-state index in [0.29, 0.717) is 17.5 Å². The molecule has 1 N–H and O–H groups in total. The minimum Gasteiger partial charge on any atom is -0.508 e. The van der Waals surface area contributed by atoms with E-state index in [0.717, 1.165) is 0 Å². The molecule has 108 valence electrons. The van der Waals surface area contributed by atoms with Gasteiger partial charge in [-0.2, -0.15) is 0 Å². The number of aliphatic hydroxyl groups excluding tert-OH is 1. The predicted molar refractivity (Wildman–Crippen MR) is 78.6 cm³/mol. The Morgan fingerprint density at radius 1 is 1.05 bits per heavy atom. The van der Waals surface area contributed by atoms with Gasteiger partial charge in [-0.15, -0.1) is 0 Å². The average Bonchev–Trinajstić information content (AvgIpc) is 2.52. The standard InChI is InChI=1S/C18H12O4/c19-13-7-3-6-11-15-12(8-14(20)16(11)13)17(21)9-4-1-2-5-10(9)18(15)22/h1-5,7-8,11,15,19H,6H2. The van der Waals surface area contributed by atoms with Crippen LogP contribution in [0, 0.1) is 11.8 Å². The van der Waals surface area contributed by atoms with Crippen molar-refractivity contribution in [2.24, 2.45) is 11.8 Å². The molecule has 4 rings (SSSR count). The molecule has 4 heteroatoms. The van der Waals surface area contributed by atoms with Crippen LogP contribution in [0.3, 0.4) is 0 Å². The lowest BCUT2D eigenvalue weighted by atomic mass is 9.64. The molecule has 0 saturated carbocycles. The maximum Gasteiger partial charge on any atom is 0.190 e. The fourth-order valence-corrected chi connectivity index (χ4v) is 3.61. The zero-order valence-electron chi connectivity index (χ0n) is 11.6. The van der Waals surface area contributed by atoms with Gasteiger partial charge in [0.1, 0.15) is 5.76 Å². The molecule has 3 aliphatic rings. The Morgan fingerprint density at radius 3 is 2.55 bits per heavy atom. The van der Waals surface area contributed by atoms with Gasteiger partial charge in [-0.05, 0) is 18.6 Å². The van der Waals surface area contributed by atoms with Gasteiger partial charge in [-0.3, -0.25) is 14.4 Å². The van der Waals surface area contributed by atoms with Crippen molar-refractivity contribution in [3.63, 3.8) is 0 Å². The normalized spacial score (nSPS) is 26.4. The molecule has 0 fully saturated rings. The van der Waals surface area contributed by atoms with Gasteiger partial charge >= 0.3 is 0 Å². The van der Waals surface area contributed by atoms with Crippen LogP contribution in [0.4, 0.5) is 0 Å². The van der Waals surface area contributed by atoms with E-state index in [-0.39, 0.29) is 34.3 Å². The van der Waals surface area contributed by atoms with Crippen LogP contribution < -0.4 is 0 Å². The Morgan fingerprint density at radius 2 is 1.77 bits per heavy atom. The number of benzene rings is 1. The topological polar surface area (TPSA) is 71.4 Å². The van der Waals surface area contributed by atoms with E-state index in [1.165, 1.54) is 12.2 Å². The summed E-state index contributed by atoms with van der Waals surface area (Å²) in [6.45, 7) is 0. The fraction of sp³-hybridized carbons (Fsp3) is 0.167. The Labute approximate surface area is 126 Å². The van der Waals surface area contributed by atoms with E-state index >= 15 is 0 Å². The van der Waals surface area contributed by atoms with Crippen molar-refractivity contribution in [2.75, 3.05) is 0 Å². The second kappa shape index (κ2) is 4.37. The third-order valence-electron chi connectivity index (χ3n) is 4.58. The maximum atomic E-state index is 12.8. The van der Waals surface area contributed by atoms with Crippen LogP contribution in [0.2, 0.25) is 0 Å². The molecule has 4 nitrogen and oxygen atoms in total. The molecule has 0 amide bonds. The Kier molecular flexibility index (Phi) is 2.57. The van der Waals surface area contributed by atoms with Crippen molar-refractivity contribution in [3.05, 3.63) is 70.5 Å². The van der Waals surface area contributed by atoms with Gasteiger partial charge in [0.2, 0.25) is 0 Å². The second-order valence-corrected chi connectivity index (χ2v) is 5.72. The Balaban J connectivity index is 1.96. The zero-order chi connectivity index (χ0) is 15.4. The number of Topliss-reactive ketones (excluding diaryl/α,β-unsaturated/α-hetero) is 2. The van der Waals surface area contributed by atoms with Crippen LogP contribution in [0.25, 0.3) is 0 Å². The van der Waals surface area contributed by atoms with E-state index in [2.05, 4.69) is 0 Å². The van der Waals surface area contributed by atoms with E-state index in [4.69, 9.17) is 0 Å². The first-order chi connectivity index (χ1) is 10.6. The Bertz CT molecular complexity index is 838. The summed E-state index contributed by atoms with van der Waals surface area (Å²) in [7, 11) is 0. The molecule has 1 aromatic rings. The summed E-state index contributed by atoms with van der Waals surface area (Å²) in [6.07, 6.45) is 4.90. The Hall–Kier alpha value is -2.75. The molecule has 0 heterocycles. The highest BCUT2D eigenvalue weighted by molar-refractivity contribution is 6.27. The van der Waals surface area contributed by atoms with Gasteiger partial charge in [0, 0.05) is 28.2 Å². The molecule has 1 aromatic carbocycles. The predicted octanol–water partition coefficient (Wildman–Crippen LogP) is 2.58. The van der Waals surface area contributed by atoms with Crippen LogP contribution >= 0.6 is 0 Å². The number of fused-ring (bicyclic) bond motifs is 4. The van der Waals surface area contributed by atoms with Gasteiger partial charge in [-0.25, -0.2) is 0 Å². The van der Waals surface area contributed by atoms with Crippen molar-refractivity contribution >= 4 is 17.3 Å². The van der Waals surface area contributed by atoms with Crippen LogP contribution in [0.1, 0.15) is 27.1 Å². The molecule has 0 bridgehead atoms. The van der Waals surface area contributed by atoms with Gasteiger partial charge in [0.25, 0.3) is 0 Å². The average molecular weight is 292 g/mol. The van der Waals surface area contributed by atoms with Crippen LogP contribution in [-0.4, -0.2) is 22.5 Å². The number of hydrogen-bond donors (Lipinski definition) is 1. The highest BCUT2D eigenvalue weighted by atomic mass is 16.3. The van der Waals surface area contributed by atoms with Crippen molar-refractivity contribution < 1.29 is 19.5 Å². The third-order valence-corrected chi connectivity index (χ3v) is 4.58. The fourth-order valence-electron chi connectivity index (χ4n) is 3.61. The second-order valence-electron chi connectivity index (χ2n) is 5.72. The first-order valence-electron chi connectivity index (χ1n) is 7.13. The highest BCUT2D eigenvalue weighted by Crippen LogP contribution is 2.44. The largest absolute Gasteiger partial charge is 0.508 e. The van der Waals surface area contributed by atoms with Crippen LogP contribution in [0.5, 0.6) is 0 Å². The van der Waals surface area contributed by atoms with E-state index in [9.17, 15) is 19.5 Å². The van der Waals surface area contributed by atoms with E-state index in [1.54, 1.807) is 30.3 Å². The number of aliphatic hydroxyl groups is 1. The summed E-state index contributed by atoms with van der Waals surface area (Å²) < 4.78 is 0. The summed E-state index contributed by atoms with van der Waals surface area (Å²) in [5.41, 5.74) is 1.26. The first kappa shape index (κ1) is 13.0. The zero-order valence-corrected chi connectivity index (χ0v) is 11.6. The van der Waals surface area contributed by atoms with E-state index < -0.39 is 11.8 Å². The molecule has 22 heavy (non-hydrogen) atoms. The molecular formula is C18H12O4. The molecule has 0 saturated heterocycles.